The van der Waals surface area contributed by atoms with Crippen LogP contribution in [0.5, 0.6) is 0 Å². The largest absolute Gasteiger partial charge is 0.457 e. The maximum Gasteiger partial charge on any atom is 0.352 e. The summed E-state index contributed by atoms with van der Waals surface area (Å²) >= 11 is 0.994. The molecule has 0 radical (unpaired) electrons. The van der Waals surface area contributed by atoms with Crippen molar-refractivity contribution >= 4 is 17.5 Å². The number of benzene rings is 2. The van der Waals surface area contributed by atoms with Crippen molar-refractivity contribution < 1.29 is 13.9 Å². The van der Waals surface area contributed by atoms with Crippen LogP contribution in [0, 0.1) is 5.82 Å². The van der Waals surface area contributed by atoms with Crippen molar-refractivity contribution in [2.75, 3.05) is 0 Å². The summed E-state index contributed by atoms with van der Waals surface area (Å²) in [5.41, 5.74) is 2.04. The van der Waals surface area contributed by atoms with Gasteiger partial charge in [-0.2, -0.15) is 0 Å². The molecule has 0 fully saturated rings. The number of carbonyl (C=O) groups excluding carboxylic acids is 1. The second-order valence-electron chi connectivity index (χ2n) is 4.52. The predicted molar refractivity (Wildman–Crippen MR) is 80.9 cm³/mol. The lowest BCUT2D eigenvalue weighted by Crippen LogP contribution is -2.05. The van der Waals surface area contributed by atoms with Crippen molar-refractivity contribution in [1.29, 1.82) is 0 Å². The fraction of sp³-hybridized carbons (Fsp3) is 0.0625. The van der Waals surface area contributed by atoms with Gasteiger partial charge in [0.2, 0.25) is 0 Å². The summed E-state index contributed by atoms with van der Waals surface area (Å²) in [6.45, 7) is 0.0746. The number of ether oxygens (including phenoxy) is 1. The molecule has 0 spiro atoms. The van der Waals surface area contributed by atoms with Crippen LogP contribution in [0.25, 0.3) is 11.3 Å². The first-order valence-electron chi connectivity index (χ1n) is 6.53. The van der Waals surface area contributed by atoms with E-state index in [2.05, 4.69) is 9.59 Å². The summed E-state index contributed by atoms with van der Waals surface area (Å²) in [5, 5.41) is 3.99. The third-order valence-electron chi connectivity index (χ3n) is 3.00. The van der Waals surface area contributed by atoms with E-state index in [1.807, 2.05) is 30.3 Å². The average molecular weight is 314 g/mol. The van der Waals surface area contributed by atoms with E-state index >= 15 is 0 Å². The number of aromatic nitrogens is 2. The van der Waals surface area contributed by atoms with E-state index in [9.17, 15) is 9.18 Å². The summed E-state index contributed by atoms with van der Waals surface area (Å²) in [6, 6.07) is 15.1. The predicted octanol–water partition coefficient (Wildman–Crippen LogP) is 3.70. The zero-order valence-electron chi connectivity index (χ0n) is 11.4. The van der Waals surface area contributed by atoms with Gasteiger partial charge in [0.15, 0.2) is 4.88 Å². The Labute approximate surface area is 130 Å². The number of nitrogens with zero attached hydrogens (tertiary/aromatic N) is 2. The second-order valence-corrected chi connectivity index (χ2v) is 5.27. The van der Waals surface area contributed by atoms with Gasteiger partial charge in [-0.25, -0.2) is 9.18 Å². The Balaban J connectivity index is 1.73. The van der Waals surface area contributed by atoms with Crippen LogP contribution in [-0.4, -0.2) is 15.6 Å². The topological polar surface area (TPSA) is 52.1 Å². The summed E-state index contributed by atoms with van der Waals surface area (Å²) in [5.74, 6) is -0.814. The van der Waals surface area contributed by atoms with E-state index in [0.717, 1.165) is 17.1 Å². The Hall–Kier alpha value is -2.60. The molecular weight excluding hydrogens is 303 g/mol. The van der Waals surface area contributed by atoms with Gasteiger partial charge in [-0.15, -0.1) is 5.10 Å². The van der Waals surface area contributed by atoms with Crippen LogP contribution in [-0.2, 0) is 11.3 Å². The Morgan fingerprint density at radius 2 is 1.82 bits per heavy atom. The molecule has 1 heterocycles. The number of rotatable bonds is 4. The molecule has 110 valence electrons. The fourth-order valence-electron chi connectivity index (χ4n) is 1.90. The van der Waals surface area contributed by atoms with E-state index in [0.29, 0.717) is 16.1 Å². The summed E-state index contributed by atoms with van der Waals surface area (Å²) in [6.07, 6.45) is 0. The third kappa shape index (κ3) is 3.17. The van der Waals surface area contributed by atoms with Crippen LogP contribution in [0.4, 0.5) is 4.39 Å². The summed E-state index contributed by atoms with van der Waals surface area (Å²) < 4.78 is 21.9. The van der Waals surface area contributed by atoms with E-state index in [1.165, 1.54) is 12.1 Å². The molecule has 4 nitrogen and oxygen atoms in total. The zero-order chi connectivity index (χ0) is 15.4. The monoisotopic (exact) mass is 314 g/mol. The van der Waals surface area contributed by atoms with Crippen molar-refractivity contribution in [3.05, 3.63) is 70.9 Å². The Morgan fingerprint density at radius 3 is 2.55 bits per heavy atom. The quantitative estimate of drug-likeness (QED) is 0.689. The van der Waals surface area contributed by atoms with E-state index < -0.39 is 5.97 Å². The molecule has 0 unspecified atom stereocenters. The molecule has 3 aromatic rings. The minimum atomic E-state index is -0.488. The van der Waals surface area contributed by atoms with Crippen LogP contribution in [0.1, 0.15) is 15.2 Å². The number of hydrogen-bond donors (Lipinski definition) is 0. The first-order chi connectivity index (χ1) is 10.7. The Kier molecular flexibility index (Phi) is 4.20. The smallest absolute Gasteiger partial charge is 0.352 e. The lowest BCUT2D eigenvalue weighted by atomic mass is 10.1. The lowest BCUT2D eigenvalue weighted by molar-refractivity contribution is 0.0479. The number of hydrogen-bond acceptors (Lipinski definition) is 5. The van der Waals surface area contributed by atoms with Gasteiger partial charge in [0.1, 0.15) is 18.1 Å². The normalized spacial score (nSPS) is 10.4. The molecule has 0 saturated carbocycles. The first-order valence-corrected chi connectivity index (χ1v) is 7.31. The van der Waals surface area contributed by atoms with Crippen LogP contribution in [0.2, 0.25) is 0 Å². The highest BCUT2D eigenvalue weighted by molar-refractivity contribution is 7.08. The molecule has 0 aliphatic rings. The van der Waals surface area contributed by atoms with Crippen molar-refractivity contribution in [2.24, 2.45) is 0 Å². The van der Waals surface area contributed by atoms with Crippen LogP contribution in [0.3, 0.4) is 0 Å². The molecule has 0 amide bonds. The Bertz CT molecular complexity index is 772. The molecule has 0 bridgehead atoms. The van der Waals surface area contributed by atoms with Crippen LogP contribution >= 0.6 is 11.5 Å². The standard InChI is InChI=1S/C16H11FN2O2S/c17-13-8-6-11(7-9-13)10-21-16(20)15-14(18-19-22-15)12-4-2-1-3-5-12/h1-9H,10H2. The number of esters is 1. The lowest BCUT2D eigenvalue weighted by Gasteiger charge is -2.04. The van der Waals surface area contributed by atoms with E-state index in [4.69, 9.17) is 4.74 Å². The molecule has 0 saturated heterocycles. The minimum Gasteiger partial charge on any atom is -0.457 e. The van der Waals surface area contributed by atoms with Gasteiger partial charge in [0, 0.05) is 5.56 Å². The SMILES string of the molecule is O=C(OCc1ccc(F)cc1)c1snnc1-c1ccccc1. The van der Waals surface area contributed by atoms with E-state index in [1.54, 1.807) is 12.1 Å². The molecule has 0 aliphatic heterocycles. The highest BCUT2D eigenvalue weighted by Gasteiger charge is 2.19. The molecule has 0 N–H and O–H groups in total. The van der Waals surface area contributed by atoms with Gasteiger partial charge in [-0.05, 0) is 29.2 Å². The van der Waals surface area contributed by atoms with Crippen LogP contribution in [0.15, 0.2) is 54.6 Å². The maximum absolute atomic E-state index is 12.8. The molecule has 0 atom stereocenters. The van der Waals surface area contributed by atoms with Gasteiger partial charge in [0.05, 0.1) is 0 Å². The van der Waals surface area contributed by atoms with Gasteiger partial charge >= 0.3 is 5.97 Å². The Morgan fingerprint density at radius 1 is 1.09 bits per heavy atom. The highest BCUT2D eigenvalue weighted by atomic mass is 32.1. The van der Waals surface area contributed by atoms with E-state index in [-0.39, 0.29) is 12.4 Å². The first kappa shape index (κ1) is 14.3. The summed E-state index contributed by atoms with van der Waals surface area (Å²) in [7, 11) is 0. The van der Waals surface area contributed by atoms with Crippen molar-refractivity contribution in [2.45, 2.75) is 6.61 Å². The molecule has 0 aliphatic carbocycles. The molecule has 22 heavy (non-hydrogen) atoms. The van der Waals surface area contributed by atoms with Gasteiger partial charge in [-0.1, -0.05) is 47.0 Å². The average Bonchev–Trinajstić information content (AvgIpc) is 3.04. The van der Waals surface area contributed by atoms with Crippen molar-refractivity contribution in [1.82, 2.24) is 9.59 Å². The molecule has 3 rings (SSSR count). The minimum absolute atomic E-state index is 0.0746. The molecule has 2 aromatic carbocycles. The maximum atomic E-state index is 12.8. The number of carbonyl (C=O) groups is 1. The number of halogens is 1. The fourth-order valence-corrected chi connectivity index (χ4v) is 2.49. The zero-order valence-corrected chi connectivity index (χ0v) is 12.2. The third-order valence-corrected chi connectivity index (χ3v) is 3.71. The molecule has 6 heteroatoms. The van der Waals surface area contributed by atoms with Crippen LogP contribution < -0.4 is 0 Å². The van der Waals surface area contributed by atoms with Gasteiger partial charge < -0.3 is 4.74 Å². The molecule has 1 aromatic heterocycles. The molecular formula is C16H11FN2O2S. The highest BCUT2D eigenvalue weighted by Crippen LogP contribution is 2.24. The second kappa shape index (κ2) is 6.44. The van der Waals surface area contributed by atoms with Crippen molar-refractivity contribution in [3.63, 3.8) is 0 Å². The van der Waals surface area contributed by atoms with Gasteiger partial charge in [-0.3, -0.25) is 0 Å². The van der Waals surface area contributed by atoms with Gasteiger partial charge in [0.25, 0.3) is 0 Å². The van der Waals surface area contributed by atoms with Crippen molar-refractivity contribution in [3.8, 4) is 11.3 Å². The summed E-state index contributed by atoms with van der Waals surface area (Å²) in [4.78, 5) is 12.5.